The maximum atomic E-state index is 8.56. The van der Waals surface area contributed by atoms with Gasteiger partial charge in [0.25, 0.3) is 0 Å². The summed E-state index contributed by atoms with van der Waals surface area (Å²) in [5, 5.41) is 17.0. The van der Waals surface area contributed by atoms with Gasteiger partial charge in [0.05, 0.1) is 6.54 Å². The van der Waals surface area contributed by atoms with Crippen LogP contribution in [-0.4, -0.2) is 35.3 Å². The number of aliphatic imine (C=N–C) groups is 1. The molecule has 0 amide bonds. The minimum atomic E-state index is -1.83. The summed E-state index contributed by atoms with van der Waals surface area (Å²) in [5.74, 6) is 0.931. The first-order chi connectivity index (χ1) is 5.16. The average molecular weight is 158 g/mol. The summed E-state index contributed by atoms with van der Waals surface area (Å²) in [6.07, 6.45) is -0.104. The first-order valence-corrected chi connectivity index (χ1v) is 2.99. The van der Waals surface area contributed by atoms with Gasteiger partial charge < -0.3 is 15.5 Å². The molecule has 0 aromatic carbocycles. The van der Waals surface area contributed by atoms with Crippen LogP contribution in [0, 0.1) is 0 Å². The van der Waals surface area contributed by atoms with Gasteiger partial charge in [0, 0.05) is 6.54 Å². The fraction of sp³-hybridized carbons (Fsp3) is 0.333. The van der Waals surface area contributed by atoms with Crippen LogP contribution in [0.15, 0.2) is 17.6 Å². The summed E-state index contributed by atoms with van der Waals surface area (Å²) in [4.78, 5) is 12.6. The minimum Gasteiger partial charge on any atom is -0.450 e. The molecule has 1 aliphatic heterocycles. The molecule has 1 heterocycles. The maximum Gasteiger partial charge on any atom is 0.503 e. The topological polar surface area (TPSA) is 81.9 Å². The third-order valence-corrected chi connectivity index (χ3v) is 0.893. The quantitative estimate of drug-likeness (QED) is 0.515. The van der Waals surface area contributed by atoms with E-state index in [0.29, 0.717) is 0 Å². The van der Waals surface area contributed by atoms with Crippen molar-refractivity contribution in [1.82, 2.24) is 5.32 Å². The number of carboxylic acid groups (broad SMARTS) is 2. The second-order valence-electron chi connectivity index (χ2n) is 1.68. The monoisotopic (exact) mass is 158 g/mol. The molecule has 5 heteroatoms. The van der Waals surface area contributed by atoms with E-state index in [-0.39, 0.29) is 0 Å². The van der Waals surface area contributed by atoms with E-state index in [1.54, 1.807) is 6.08 Å². The number of carbonyl (C=O) groups is 1. The molecule has 62 valence electrons. The summed E-state index contributed by atoms with van der Waals surface area (Å²) in [5.41, 5.74) is 0. The molecule has 0 aromatic rings. The fourth-order valence-corrected chi connectivity index (χ4v) is 0.553. The smallest absolute Gasteiger partial charge is 0.450 e. The van der Waals surface area contributed by atoms with Gasteiger partial charge in [-0.3, -0.25) is 4.99 Å². The first kappa shape index (κ1) is 9.48. The van der Waals surface area contributed by atoms with Crippen molar-refractivity contribution in [2.45, 2.75) is 0 Å². The molecule has 0 atom stereocenters. The van der Waals surface area contributed by atoms with Crippen LogP contribution in [0.5, 0.6) is 0 Å². The van der Waals surface area contributed by atoms with Crippen LogP contribution in [0.25, 0.3) is 0 Å². The Hall–Kier alpha value is -1.52. The highest BCUT2D eigenvalue weighted by Gasteiger charge is 1.96. The summed E-state index contributed by atoms with van der Waals surface area (Å²) in [6, 6.07) is 0. The number of hydrogen-bond donors (Lipinski definition) is 3. The van der Waals surface area contributed by atoms with Gasteiger partial charge in [-0.1, -0.05) is 6.58 Å². The molecule has 0 unspecified atom stereocenters. The van der Waals surface area contributed by atoms with Gasteiger partial charge in [0.1, 0.15) is 5.84 Å². The van der Waals surface area contributed by atoms with Crippen LogP contribution in [-0.2, 0) is 0 Å². The van der Waals surface area contributed by atoms with Crippen molar-refractivity contribution < 1.29 is 15.0 Å². The Balaban J connectivity index is 0.000000218. The van der Waals surface area contributed by atoms with Crippen LogP contribution < -0.4 is 5.32 Å². The summed E-state index contributed by atoms with van der Waals surface area (Å²) >= 11 is 0. The molecule has 11 heavy (non-hydrogen) atoms. The SMILES string of the molecule is C=CC1=NCCN1.O=C(O)O. The molecule has 0 aromatic heterocycles. The van der Waals surface area contributed by atoms with Crippen LogP contribution in [0.1, 0.15) is 0 Å². The van der Waals surface area contributed by atoms with Crippen molar-refractivity contribution in [3.63, 3.8) is 0 Å². The second kappa shape index (κ2) is 5.28. The first-order valence-electron chi connectivity index (χ1n) is 2.99. The summed E-state index contributed by atoms with van der Waals surface area (Å²) in [7, 11) is 0. The van der Waals surface area contributed by atoms with Gasteiger partial charge in [0.2, 0.25) is 0 Å². The molecule has 5 nitrogen and oxygen atoms in total. The lowest BCUT2D eigenvalue weighted by Gasteiger charge is -1.87. The molecule has 0 fully saturated rings. The Bertz CT molecular complexity index is 173. The van der Waals surface area contributed by atoms with Gasteiger partial charge in [-0.05, 0) is 6.08 Å². The molecular formula is C6H10N2O3. The molecule has 0 aliphatic carbocycles. The lowest BCUT2D eigenvalue weighted by Crippen LogP contribution is -2.15. The van der Waals surface area contributed by atoms with Gasteiger partial charge in [-0.25, -0.2) is 4.79 Å². The van der Waals surface area contributed by atoms with Crippen LogP contribution in [0.2, 0.25) is 0 Å². The van der Waals surface area contributed by atoms with E-state index in [1.807, 2.05) is 0 Å². The minimum absolute atomic E-state index is 0.904. The number of amidine groups is 1. The van der Waals surface area contributed by atoms with Crippen molar-refractivity contribution in [3.8, 4) is 0 Å². The van der Waals surface area contributed by atoms with Gasteiger partial charge in [-0.15, -0.1) is 0 Å². The number of nitrogens with zero attached hydrogens (tertiary/aromatic N) is 1. The Morgan fingerprint density at radius 1 is 1.73 bits per heavy atom. The molecular weight excluding hydrogens is 148 g/mol. The zero-order valence-corrected chi connectivity index (χ0v) is 5.95. The van der Waals surface area contributed by atoms with Gasteiger partial charge in [0.15, 0.2) is 0 Å². The largest absolute Gasteiger partial charge is 0.503 e. The zero-order chi connectivity index (χ0) is 8.69. The normalized spacial score (nSPS) is 13.6. The van der Waals surface area contributed by atoms with Crippen LogP contribution in [0.3, 0.4) is 0 Å². The summed E-state index contributed by atoms with van der Waals surface area (Å²) < 4.78 is 0. The lowest BCUT2D eigenvalue weighted by molar-refractivity contribution is 0.137. The van der Waals surface area contributed by atoms with Crippen molar-refractivity contribution in [2.75, 3.05) is 13.1 Å². The van der Waals surface area contributed by atoms with E-state index in [4.69, 9.17) is 15.0 Å². The van der Waals surface area contributed by atoms with Crippen LogP contribution in [0.4, 0.5) is 4.79 Å². The van der Waals surface area contributed by atoms with E-state index in [0.717, 1.165) is 18.9 Å². The lowest BCUT2D eigenvalue weighted by atomic mass is 10.6. The van der Waals surface area contributed by atoms with E-state index in [1.165, 1.54) is 0 Å². The molecule has 0 saturated carbocycles. The average Bonchev–Trinajstić information content (AvgIpc) is 2.36. The Morgan fingerprint density at radius 3 is 2.45 bits per heavy atom. The van der Waals surface area contributed by atoms with Crippen molar-refractivity contribution in [1.29, 1.82) is 0 Å². The van der Waals surface area contributed by atoms with Crippen molar-refractivity contribution >= 4 is 12.0 Å². The molecule has 0 spiro atoms. The van der Waals surface area contributed by atoms with E-state index in [2.05, 4.69) is 16.9 Å². The molecule has 0 bridgehead atoms. The number of nitrogens with one attached hydrogen (secondary N) is 1. The highest BCUT2D eigenvalue weighted by atomic mass is 16.6. The van der Waals surface area contributed by atoms with E-state index < -0.39 is 6.16 Å². The Morgan fingerprint density at radius 2 is 2.27 bits per heavy atom. The number of rotatable bonds is 1. The van der Waals surface area contributed by atoms with Crippen molar-refractivity contribution in [2.24, 2.45) is 4.99 Å². The molecule has 1 aliphatic rings. The molecule has 1 rings (SSSR count). The predicted molar refractivity (Wildman–Crippen MR) is 41.2 cm³/mol. The van der Waals surface area contributed by atoms with Gasteiger partial charge >= 0.3 is 6.16 Å². The fourth-order valence-electron chi connectivity index (χ4n) is 0.553. The highest BCUT2D eigenvalue weighted by molar-refractivity contribution is 5.93. The Kier molecular flexibility index (Phi) is 4.55. The highest BCUT2D eigenvalue weighted by Crippen LogP contribution is 1.82. The van der Waals surface area contributed by atoms with E-state index >= 15 is 0 Å². The van der Waals surface area contributed by atoms with Gasteiger partial charge in [-0.2, -0.15) is 0 Å². The van der Waals surface area contributed by atoms with Crippen LogP contribution >= 0.6 is 0 Å². The second-order valence-corrected chi connectivity index (χ2v) is 1.68. The predicted octanol–water partition coefficient (Wildman–Crippen LogP) is 0.397. The number of hydrogen-bond acceptors (Lipinski definition) is 3. The van der Waals surface area contributed by atoms with Crippen molar-refractivity contribution in [3.05, 3.63) is 12.7 Å². The molecule has 0 saturated heterocycles. The standard InChI is InChI=1S/C5H8N2.CH2O3/c1-2-5-6-3-4-7-5;2-1(3)4/h2H,1,3-4H2,(H,6,7);(H2,2,3,4). The van der Waals surface area contributed by atoms with E-state index in [9.17, 15) is 0 Å². The summed E-state index contributed by atoms with van der Waals surface area (Å²) in [6.45, 7) is 5.43. The zero-order valence-electron chi connectivity index (χ0n) is 5.95. The third kappa shape index (κ3) is 6.36. The Labute approximate surface area is 64.1 Å². The molecule has 0 radical (unpaired) electrons. The maximum absolute atomic E-state index is 8.56. The molecule has 3 N–H and O–H groups in total. The third-order valence-electron chi connectivity index (χ3n) is 0.893.